The summed E-state index contributed by atoms with van der Waals surface area (Å²) in [6.07, 6.45) is 12.8. The minimum Gasteiger partial charge on any atom is -0.444 e. The molecule has 266 valence electrons. The van der Waals surface area contributed by atoms with Crippen LogP contribution in [-0.4, -0.2) is 134 Å². The molecule has 1 aliphatic heterocycles. The van der Waals surface area contributed by atoms with Crippen LogP contribution in [0.1, 0.15) is 54.6 Å². The summed E-state index contributed by atoms with van der Waals surface area (Å²) in [6.45, 7) is 12.4. The minimum absolute atomic E-state index is 0.146. The molecular formula is C32H53N7O5P2S2+2. The third kappa shape index (κ3) is 15.0. The van der Waals surface area contributed by atoms with Crippen molar-refractivity contribution in [3.8, 4) is 0 Å². The van der Waals surface area contributed by atoms with E-state index in [1.54, 1.807) is 35.0 Å². The lowest BCUT2D eigenvalue weighted by molar-refractivity contribution is -0.123. The van der Waals surface area contributed by atoms with Gasteiger partial charge < -0.3 is 30.3 Å². The molecule has 16 heteroatoms. The van der Waals surface area contributed by atoms with Crippen LogP contribution in [0.2, 0.25) is 0 Å². The molecule has 3 rings (SSSR count). The van der Waals surface area contributed by atoms with Crippen LogP contribution in [0.5, 0.6) is 0 Å². The van der Waals surface area contributed by atoms with Crippen molar-refractivity contribution in [3.05, 3.63) is 32.7 Å². The first-order chi connectivity index (χ1) is 22.9. The number of carbonyl (C=O) groups is 3. The molecule has 2 aromatic rings. The van der Waals surface area contributed by atoms with Crippen LogP contribution in [0.15, 0.2) is 17.1 Å². The molecule has 0 saturated carbocycles. The number of urea groups is 1. The highest BCUT2D eigenvalue weighted by molar-refractivity contribution is 7.55. The zero-order valence-electron chi connectivity index (χ0n) is 29.0. The van der Waals surface area contributed by atoms with Crippen LogP contribution in [0.3, 0.4) is 0 Å². The summed E-state index contributed by atoms with van der Waals surface area (Å²) in [5, 5.41) is 12.3. The summed E-state index contributed by atoms with van der Waals surface area (Å²) in [6, 6.07) is -1.36. The second-order valence-electron chi connectivity index (χ2n) is 12.7. The lowest BCUT2D eigenvalue weighted by atomic mass is 10.1. The molecule has 4 amide bonds. The van der Waals surface area contributed by atoms with Crippen molar-refractivity contribution in [1.82, 2.24) is 35.7 Å². The van der Waals surface area contributed by atoms with Gasteiger partial charge in [-0.05, 0) is 19.3 Å². The number of morpholine rings is 1. The number of ether oxygens (including phenoxy) is 2. The number of rotatable bonds is 19. The van der Waals surface area contributed by atoms with Gasteiger partial charge in [0.15, 0.2) is 0 Å². The predicted octanol–water partition coefficient (Wildman–Crippen LogP) is 4.60. The molecular weight excluding hydrogens is 688 g/mol. The van der Waals surface area contributed by atoms with Gasteiger partial charge in [0, 0.05) is 44.2 Å². The lowest BCUT2D eigenvalue weighted by Gasteiger charge is -2.29. The van der Waals surface area contributed by atoms with E-state index in [0.29, 0.717) is 51.5 Å². The summed E-state index contributed by atoms with van der Waals surface area (Å²) >= 11 is 3.03. The van der Waals surface area contributed by atoms with Gasteiger partial charge >= 0.3 is 12.1 Å². The van der Waals surface area contributed by atoms with Gasteiger partial charge in [0.2, 0.25) is 5.91 Å². The van der Waals surface area contributed by atoms with E-state index in [-0.39, 0.29) is 30.6 Å². The molecule has 0 aliphatic carbocycles. The quantitative estimate of drug-likeness (QED) is 0.178. The average molecular weight is 742 g/mol. The van der Waals surface area contributed by atoms with Crippen molar-refractivity contribution >= 4 is 68.4 Å². The number of thiazole rings is 2. The van der Waals surface area contributed by atoms with Crippen molar-refractivity contribution in [1.29, 1.82) is 0 Å². The molecule has 5 unspecified atom stereocenters. The second kappa shape index (κ2) is 20.9. The molecule has 0 spiro atoms. The number of nitrogens with one attached hydrogen (secondary N) is 3. The Bertz CT molecular complexity index is 1340. The summed E-state index contributed by atoms with van der Waals surface area (Å²) in [4.78, 5) is 53.3. The molecule has 48 heavy (non-hydrogen) atoms. The van der Waals surface area contributed by atoms with E-state index in [9.17, 15) is 14.4 Å². The zero-order valence-corrected chi connectivity index (χ0v) is 32.4. The first kappa shape index (κ1) is 40.0. The van der Waals surface area contributed by atoms with E-state index < -0.39 is 27.2 Å². The number of alkyl carbamates (subject to hydrolysis) is 1. The first-order valence-corrected chi connectivity index (χ1v) is 22.4. The predicted molar refractivity (Wildman–Crippen MR) is 202 cm³/mol. The van der Waals surface area contributed by atoms with Gasteiger partial charge in [0.05, 0.1) is 94.0 Å². The minimum atomic E-state index is -0.723. The topological polar surface area (TPSA) is 138 Å². The molecule has 2 aromatic heterocycles. The SMILES string of the molecule is C=[P+](C)CC(CCC(C[P+](=C)C)NC(=O)C(CCN1CCOCC1)NC(=O)N(C)Cc1csc(C(C)C)n1)NC(=O)OCc1cncs1. The van der Waals surface area contributed by atoms with E-state index in [1.807, 2.05) is 5.38 Å². The fourth-order valence-corrected chi connectivity index (χ4v) is 8.56. The van der Waals surface area contributed by atoms with Gasteiger partial charge in [-0.1, -0.05) is 13.8 Å². The molecule has 3 heterocycles. The fraction of sp³-hybridized carbons (Fsp3) is 0.656. The fourth-order valence-electron chi connectivity index (χ4n) is 5.17. The third-order valence-corrected chi connectivity index (χ3v) is 11.8. The largest absolute Gasteiger partial charge is 0.444 e. The Labute approximate surface area is 295 Å². The number of carbonyl (C=O) groups excluding carboxylic acids is 3. The second-order valence-corrected chi connectivity index (χ2v) is 18.7. The Balaban J connectivity index is 1.65. The molecule has 0 radical (unpaired) electrons. The Hall–Kier alpha value is -2.47. The maximum atomic E-state index is 13.9. The van der Waals surface area contributed by atoms with Crippen molar-refractivity contribution in [3.63, 3.8) is 0 Å². The van der Waals surface area contributed by atoms with Gasteiger partial charge in [-0.15, -0.1) is 22.7 Å². The molecule has 0 bridgehead atoms. The van der Waals surface area contributed by atoms with Crippen molar-refractivity contribution in [2.75, 3.05) is 65.5 Å². The van der Waals surface area contributed by atoms with Crippen LogP contribution in [-0.2, 0) is 27.4 Å². The van der Waals surface area contributed by atoms with Gasteiger partial charge in [0.1, 0.15) is 25.0 Å². The Morgan fingerprint density at radius 3 is 2.29 bits per heavy atom. The van der Waals surface area contributed by atoms with Crippen molar-refractivity contribution in [2.24, 2.45) is 0 Å². The smallest absolute Gasteiger partial charge is 0.407 e. The average Bonchev–Trinajstić information content (AvgIpc) is 3.73. The number of amides is 4. The summed E-state index contributed by atoms with van der Waals surface area (Å²) in [5.41, 5.74) is 2.53. The maximum absolute atomic E-state index is 13.9. The Morgan fingerprint density at radius 2 is 1.71 bits per heavy atom. The number of hydrogen-bond donors (Lipinski definition) is 3. The highest BCUT2D eigenvalue weighted by atomic mass is 32.1. The van der Waals surface area contributed by atoms with Gasteiger partial charge in [0.25, 0.3) is 0 Å². The van der Waals surface area contributed by atoms with Gasteiger partial charge in [-0.2, -0.15) is 0 Å². The highest BCUT2D eigenvalue weighted by Gasteiger charge is 2.28. The van der Waals surface area contributed by atoms with E-state index in [2.05, 4.69) is 70.6 Å². The summed E-state index contributed by atoms with van der Waals surface area (Å²) in [5.74, 6) is 0.106. The molecule has 3 N–H and O–H groups in total. The van der Waals surface area contributed by atoms with E-state index in [1.165, 1.54) is 11.3 Å². The van der Waals surface area contributed by atoms with Crippen LogP contribution < -0.4 is 16.0 Å². The highest BCUT2D eigenvalue weighted by Crippen LogP contribution is 2.22. The molecule has 1 saturated heterocycles. The van der Waals surface area contributed by atoms with E-state index in [0.717, 1.165) is 41.0 Å². The Kier molecular flexibility index (Phi) is 17.4. The number of hydrogen-bond acceptors (Lipinski definition) is 10. The molecule has 1 fully saturated rings. The molecule has 1 aliphatic rings. The normalized spacial score (nSPS) is 16.0. The van der Waals surface area contributed by atoms with Crippen LogP contribution in [0.25, 0.3) is 0 Å². The standard InChI is InChI=1S/C32H51N7O5P2S2/c1-23(2)30-35-26(21-47-30)17-38(3)31(41)37-28(10-11-39-12-14-43-15-13-39)29(40)34-24(19-45(4)5)8-9-25(20-46(6)7)36-32(42)44-18-27-16-33-22-48-27/h16,21-25,28H,4,6,8-15,17-20H2,1-3,5,7H3,(H-2,34,36,37,40,41,42)/p+2. The summed E-state index contributed by atoms with van der Waals surface area (Å²) in [7, 11) is 0.616. The van der Waals surface area contributed by atoms with Gasteiger partial charge in [-0.3, -0.25) is 14.7 Å². The molecule has 12 nitrogen and oxygen atoms in total. The number of aromatic nitrogens is 2. The molecule has 0 aromatic carbocycles. The first-order valence-electron chi connectivity index (χ1n) is 16.3. The Morgan fingerprint density at radius 1 is 1.04 bits per heavy atom. The van der Waals surface area contributed by atoms with E-state index in [4.69, 9.17) is 9.47 Å². The monoisotopic (exact) mass is 741 g/mol. The van der Waals surface area contributed by atoms with Crippen LogP contribution in [0.4, 0.5) is 9.59 Å². The van der Waals surface area contributed by atoms with Gasteiger partial charge in [-0.25, -0.2) is 14.6 Å². The van der Waals surface area contributed by atoms with Crippen LogP contribution in [0, 0.1) is 0 Å². The number of nitrogens with zero attached hydrogens (tertiary/aromatic N) is 4. The van der Waals surface area contributed by atoms with Crippen LogP contribution >= 0.6 is 37.8 Å². The zero-order chi connectivity index (χ0) is 35.1. The molecule has 5 atom stereocenters. The third-order valence-electron chi connectivity index (χ3n) is 7.69. The van der Waals surface area contributed by atoms with Crippen molar-refractivity contribution in [2.45, 2.75) is 70.3 Å². The van der Waals surface area contributed by atoms with E-state index >= 15 is 0 Å². The summed E-state index contributed by atoms with van der Waals surface area (Å²) < 4.78 is 10.9. The maximum Gasteiger partial charge on any atom is 0.407 e. The lowest BCUT2D eigenvalue weighted by Crippen LogP contribution is -2.54. The van der Waals surface area contributed by atoms with Crippen molar-refractivity contribution < 1.29 is 23.9 Å².